The molecule has 1 aromatic carbocycles. The second kappa shape index (κ2) is 12.1. The molecule has 31 heavy (non-hydrogen) atoms. The number of aliphatic carboxylic acids is 1. The highest BCUT2D eigenvalue weighted by atomic mass is 32.2. The summed E-state index contributed by atoms with van der Waals surface area (Å²) < 4.78 is 31.0. The zero-order chi connectivity index (χ0) is 22.7. The Morgan fingerprint density at radius 2 is 2.03 bits per heavy atom. The van der Waals surface area contributed by atoms with Crippen molar-refractivity contribution in [3.05, 3.63) is 29.8 Å². The number of carboxylic acids is 1. The summed E-state index contributed by atoms with van der Waals surface area (Å²) in [4.78, 5) is 27.8. The summed E-state index contributed by atoms with van der Waals surface area (Å²) in [5, 5.41) is 17.8. The average Bonchev–Trinajstić information content (AvgIpc) is 2.75. The van der Waals surface area contributed by atoms with E-state index >= 15 is 0 Å². The van der Waals surface area contributed by atoms with Crippen LogP contribution in [0.25, 0.3) is 0 Å². The van der Waals surface area contributed by atoms with E-state index in [1.807, 2.05) is 4.72 Å². The molecule has 1 heterocycles. The van der Waals surface area contributed by atoms with Crippen LogP contribution in [-0.4, -0.2) is 82.5 Å². The first-order chi connectivity index (χ1) is 14.8. The van der Waals surface area contributed by atoms with Crippen molar-refractivity contribution in [3.8, 4) is 5.75 Å². The lowest BCUT2D eigenvalue weighted by molar-refractivity contribution is -0.138. The highest BCUT2D eigenvalue weighted by Crippen LogP contribution is 2.12. The third-order valence-corrected chi connectivity index (χ3v) is 5.57. The van der Waals surface area contributed by atoms with E-state index in [1.165, 1.54) is 12.1 Å². The number of carbonyl (C=O) groups is 2. The average molecular weight is 457 g/mol. The maximum Gasteiger partial charge on any atom is 0.323 e. The number of carboxylic acid groups (broad SMARTS) is 1. The van der Waals surface area contributed by atoms with Gasteiger partial charge in [-0.05, 0) is 30.7 Å². The molecule has 0 spiro atoms. The maximum atomic E-state index is 12.2. The molecule has 0 aromatic heterocycles. The first-order valence-corrected chi connectivity index (χ1v) is 11.4. The molecule has 7 N–H and O–H groups in total. The summed E-state index contributed by atoms with van der Waals surface area (Å²) in [7, 11) is -3.85. The molecule has 12 nitrogen and oxygen atoms in total. The Balaban J connectivity index is 1.78. The van der Waals surface area contributed by atoms with Crippen LogP contribution in [-0.2, 0) is 14.8 Å². The summed E-state index contributed by atoms with van der Waals surface area (Å²) in [6.07, 6.45) is 1.02. The van der Waals surface area contributed by atoms with Crippen LogP contribution in [0.1, 0.15) is 16.8 Å². The number of benzene rings is 1. The smallest absolute Gasteiger partial charge is 0.323 e. The largest absolute Gasteiger partial charge is 0.492 e. The minimum absolute atomic E-state index is 0.149. The van der Waals surface area contributed by atoms with E-state index in [-0.39, 0.29) is 12.1 Å². The van der Waals surface area contributed by atoms with Crippen molar-refractivity contribution in [2.45, 2.75) is 12.5 Å². The van der Waals surface area contributed by atoms with Crippen LogP contribution in [0.2, 0.25) is 0 Å². The summed E-state index contributed by atoms with van der Waals surface area (Å²) in [6, 6.07) is 4.78. The van der Waals surface area contributed by atoms with Crippen LogP contribution in [0, 0.1) is 0 Å². The van der Waals surface area contributed by atoms with Gasteiger partial charge in [-0.3, -0.25) is 14.6 Å². The van der Waals surface area contributed by atoms with E-state index in [0.29, 0.717) is 18.9 Å². The lowest BCUT2D eigenvalue weighted by atomic mass is 10.2. The Kier molecular flexibility index (Phi) is 9.49. The number of aliphatic imine (C=N–C) groups is 1. The molecule has 0 fully saturated rings. The molecule has 0 saturated heterocycles. The first kappa shape index (κ1) is 24.4. The summed E-state index contributed by atoms with van der Waals surface area (Å²) in [5.74, 6) is -1.04. The molecule has 13 heteroatoms. The molecule has 1 amide bonds. The number of nitrogens with two attached hydrogens (primary N) is 1. The molecule has 0 radical (unpaired) electrons. The van der Waals surface area contributed by atoms with E-state index in [4.69, 9.17) is 15.6 Å². The van der Waals surface area contributed by atoms with Gasteiger partial charge >= 0.3 is 5.97 Å². The van der Waals surface area contributed by atoms with E-state index in [2.05, 4.69) is 20.9 Å². The number of ether oxygens (including phenoxy) is 1. The van der Waals surface area contributed by atoms with Gasteiger partial charge in [0.05, 0.1) is 12.3 Å². The van der Waals surface area contributed by atoms with Crippen molar-refractivity contribution >= 4 is 27.9 Å². The summed E-state index contributed by atoms with van der Waals surface area (Å²) >= 11 is 0. The minimum atomic E-state index is -3.85. The number of hydrogen-bond acceptors (Lipinski definition) is 9. The molecule has 1 atom stereocenters. The summed E-state index contributed by atoms with van der Waals surface area (Å²) in [5.41, 5.74) is 5.47. The first-order valence-electron chi connectivity index (χ1n) is 9.77. The Morgan fingerprint density at radius 1 is 1.29 bits per heavy atom. The van der Waals surface area contributed by atoms with Crippen molar-refractivity contribution in [2.24, 2.45) is 10.7 Å². The predicted octanol–water partition coefficient (Wildman–Crippen LogP) is -1.93. The fraction of sp³-hybridized carbons (Fsp3) is 0.500. The number of guanidine groups is 1. The second-order valence-electron chi connectivity index (χ2n) is 6.64. The number of amides is 1. The summed E-state index contributed by atoms with van der Waals surface area (Å²) in [6.45, 7) is 2.08. The lowest BCUT2D eigenvalue weighted by Crippen LogP contribution is -2.49. The van der Waals surface area contributed by atoms with Crippen LogP contribution in [0.15, 0.2) is 29.3 Å². The molecule has 1 aliphatic heterocycles. The zero-order valence-electron chi connectivity index (χ0n) is 17.0. The fourth-order valence-electron chi connectivity index (χ4n) is 2.60. The van der Waals surface area contributed by atoms with Gasteiger partial charge in [-0.1, -0.05) is 0 Å². The van der Waals surface area contributed by atoms with Crippen LogP contribution >= 0.6 is 0 Å². The van der Waals surface area contributed by atoms with E-state index in [0.717, 1.165) is 25.5 Å². The van der Waals surface area contributed by atoms with Gasteiger partial charge in [0.25, 0.3) is 5.91 Å². The van der Waals surface area contributed by atoms with E-state index in [9.17, 15) is 18.0 Å². The van der Waals surface area contributed by atoms with Crippen LogP contribution < -0.4 is 31.1 Å². The number of nitrogens with zero attached hydrogens (tertiary/aromatic N) is 1. The van der Waals surface area contributed by atoms with Gasteiger partial charge in [0.2, 0.25) is 10.0 Å². The molecule has 1 unspecified atom stereocenters. The van der Waals surface area contributed by atoms with Crippen molar-refractivity contribution in [1.82, 2.24) is 20.7 Å². The molecule has 0 bridgehead atoms. The van der Waals surface area contributed by atoms with Crippen molar-refractivity contribution < 1.29 is 27.9 Å². The molecule has 1 aromatic rings. The SMILES string of the molecule is NCCS(=O)(=O)NC(CNC(=O)c1ccc(OCCNC2=NCCCN2)cc1)C(=O)O. The van der Waals surface area contributed by atoms with Gasteiger partial charge < -0.3 is 31.5 Å². The Morgan fingerprint density at radius 3 is 2.65 bits per heavy atom. The van der Waals surface area contributed by atoms with Crippen LogP contribution in [0.4, 0.5) is 0 Å². The Labute approximate surface area is 180 Å². The molecule has 2 rings (SSSR count). The van der Waals surface area contributed by atoms with Gasteiger partial charge in [-0.2, -0.15) is 4.72 Å². The van der Waals surface area contributed by atoms with Gasteiger partial charge in [-0.25, -0.2) is 8.42 Å². The third kappa shape index (κ3) is 8.78. The van der Waals surface area contributed by atoms with Crippen molar-refractivity contribution in [1.29, 1.82) is 0 Å². The van der Waals surface area contributed by atoms with Gasteiger partial charge in [0, 0.05) is 31.7 Å². The third-order valence-electron chi connectivity index (χ3n) is 4.15. The number of rotatable bonds is 12. The van der Waals surface area contributed by atoms with Crippen LogP contribution in [0.5, 0.6) is 5.75 Å². The highest BCUT2D eigenvalue weighted by Gasteiger charge is 2.24. The number of carbonyl (C=O) groups excluding carboxylic acids is 1. The van der Waals surface area contributed by atoms with Crippen LogP contribution in [0.3, 0.4) is 0 Å². The van der Waals surface area contributed by atoms with Crippen molar-refractivity contribution in [2.75, 3.05) is 45.1 Å². The quantitative estimate of drug-likeness (QED) is 0.195. The molecular formula is C18H28N6O6S. The molecule has 1 aliphatic rings. The molecule has 0 saturated carbocycles. The molecular weight excluding hydrogens is 428 g/mol. The fourth-order valence-corrected chi connectivity index (χ4v) is 3.64. The predicted molar refractivity (Wildman–Crippen MR) is 115 cm³/mol. The lowest BCUT2D eigenvalue weighted by Gasteiger charge is -2.16. The normalized spacial score (nSPS) is 14.7. The molecule has 172 valence electrons. The number of hydrogen-bond donors (Lipinski definition) is 6. The van der Waals surface area contributed by atoms with Crippen molar-refractivity contribution in [3.63, 3.8) is 0 Å². The van der Waals surface area contributed by atoms with E-state index < -0.39 is 40.2 Å². The minimum Gasteiger partial charge on any atom is -0.492 e. The molecule has 0 aliphatic carbocycles. The topological polar surface area (TPSA) is 184 Å². The van der Waals surface area contributed by atoms with E-state index in [1.54, 1.807) is 12.1 Å². The number of nitrogens with one attached hydrogen (secondary N) is 4. The monoisotopic (exact) mass is 456 g/mol. The zero-order valence-corrected chi connectivity index (χ0v) is 17.8. The maximum absolute atomic E-state index is 12.2. The second-order valence-corrected chi connectivity index (χ2v) is 8.51. The highest BCUT2D eigenvalue weighted by molar-refractivity contribution is 7.89. The Bertz CT molecular complexity index is 874. The van der Waals surface area contributed by atoms with Gasteiger partial charge in [0.15, 0.2) is 5.96 Å². The standard InChI is InChI=1S/C18H28N6O6S/c19-6-11-31(28,29)24-15(17(26)27)12-23-16(25)13-2-4-14(5-3-13)30-10-9-22-18-20-7-1-8-21-18/h2-5,15,24H,1,6-12,19H2,(H,23,25)(H,26,27)(H2,20,21,22). The van der Waals surface area contributed by atoms with Gasteiger partial charge in [0.1, 0.15) is 18.4 Å². The number of sulfonamides is 1. The Hall–Kier alpha value is -2.90. The van der Waals surface area contributed by atoms with Gasteiger partial charge in [-0.15, -0.1) is 0 Å².